The molecule has 0 radical (unpaired) electrons. The first-order valence-electron chi connectivity index (χ1n) is 6.83. The lowest BCUT2D eigenvalue weighted by Crippen LogP contribution is -1.99. The van der Waals surface area contributed by atoms with Crippen molar-refractivity contribution in [3.8, 4) is 0 Å². The van der Waals surface area contributed by atoms with Crippen LogP contribution < -0.4 is 0 Å². The van der Waals surface area contributed by atoms with Crippen LogP contribution in [0.5, 0.6) is 0 Å². The van der Waals surface area contributed by atoms with Crippen LogP contribution in [-0.2, 0) is 12.8 Å². The number of para-hydroxylation sites is 1. The maximum Gasteiger partial charge on any atom is 0.108 e. The van der Waals surface area contributed by atoms with Crippen LogP contribution in [0.15, 0.2) is 53.1 Å². The molecule has 1 atom stereocenters. The first kappa shape index (κ1) is 13.2. The Hall–Kier alpha value is -1.80. The third kappa shape index (κ3) is 2.56. The highest BCUT2D eigenvalue weighted by molar-refractivity contribution is 6.21. The summed E-state index contributed by atoms with van der Waals surface area (Å²) in [4.78, 5) is 4.67. The van der Waals surface area contributed by atoms with Gasteiger partial charge in [-0.3, -0.25) is 4.98 Å². The molecule has 1 unspecified atom stereocenters. The summed E-state index contributed by atoms with van der Waals surface area (Å²) in [6.07, 6.45) is 3.27. The average molecular weight is 286 g/mol. The Labute approximate surface area is 123 Å². The Morgan fingerprint density at radius 3 is 2.85 bits per heavy atom. The number of pyridine rings is 1. The van der Waals surface area contributed by atoms with Crippen molar-refractivity contribution in [2.24, 2.45) is 0 Å². The van der Waals surface area contributed by atoms with E-state index in [0.717, 1.165) is 34.3 Å². The van der Waals surface area contributed by atoms with Gasteiger partial charge in [-0.25, -0.2) is 0 Å². The Kier molecular flexibility index (Phi) is 3.75. The summed E-state index contributed by atoms with van der Waals surface area (Å²) in [7, 11) is 0. The first-order valence-corrected chi connectivity index (χ1v) is 7.26. The van der Waals surface area contributed by atoms with Crippen molar-refractivity contribution in [2.45, 2.75) is 25.1 Å². The molecule has 2 aromatic heterocycles. The number of hydrogen-bond acceptors (Lipinski definition) is 2. The van der Waals surface area contributed by atoms with E-state index in [1.165, 1.54) is 0 Å². The van der Waals surface area contributed by atoms with E-state index in [1.54, 1.807) is 6.26 Å². The van der Waals surface area contributed by atoms with Crippen LogP contribution in [0.3, 0.4) is 0 Å². The van der Waals surface area contributed by atoms with Crippen molar-refractivity contribution in [2.75, 3.05) is 0 Å². The molecule has 0 aliphatic carbocycles. The lowest BCUT2D eigenvalue weighted by atomic mass is 10.1. The van der Waals surface area contributed by atoms with Gasteiger partial charge in [0.05, 0.1) is 17.2 Å². The molecule has 0 fully saturated rings. The van der Waals surface area contributed by atoms with Crippen LogP contribution in [-0.4, -0.2) is 4.98 Å². The lowest BCUT2D eigenvalue weighted by molar-refractivity contribution is 0.510. The molecule has 102 valence electrons. The maximum atomic E-state index is 6.52. The monoisotopic (exact) mass is 285 g/mol. The molecule has 0 saturated heterocycles. The minimum atomic E-state index is -0.0997. The smallest absolute Gasteiger partial charge is 0.108 e. The van der Waals surface area contributed by atoms with Gasteiger partial charge in [0.1, 0.15) is 5.76 Å². The highest BCUT2D eigenvalue weighted by Crippen LogP contribution is 2.29. The number of halogens is 1. The van der Waals surface area contributed by atoms with Gasteiger partial charge >= 0.3 is 0 Å². The van der Waals surface area contributed by atoms with Crippen molar-refractivity contribution in [3.63, 3.8) is 0 Å². The summed E-state index contributed by atoms with van der Waals surface area (Å²) in [5.74, 6) is 0.964. The van der Waals surface area contributed by atoms with Gasteiger partial charge < -0.3 is 4.42 Å². The minimum Gasteiger partial charge on any atom is -0.469 e. The van der Waals surface area contributed by atoms with Crippen LogP contribution in [0, 0.1) is 0 Å². The zero-order valence-corrected chi connectivity index (χ0v) is 12.1. The molecule has 3 rings (SSSR count). The Morgan fingerprint density at radius 1 is 1.15 bits per heavy atom. The molecule has 3 heteroatoms. The third-order valence-electron chi connectivity index (χ3n) is 3.48. The molecule has 0 N–H and O–H groups in total. The number of alkyl halides is 1. The second-order valence-electron chi connectivity index (χ2n) is 4.82. The van der Waals surface area contributed by atoms with Crippen molar-refractivity contribution >= 4 is 22.5 Å². The topological polar surface area (TPSA) is 26.0 Å². The number of rotatable bonds is 4. The molecule has 20 heavy (non-hydrogen) atoms. The molecule has 0 bridgehead atoms. The number of aromatic nitrogens is 1. The average Bonchev–Trinajstić information content (AvgIpc) is 2.95. The Morgan fingerprint density at radius 2 is 2.00 bits per heavy atom. The van der Waals surface area contributed by atoms with Crippen LogP contribution in [0.4, 0.5) is 0 Å². The molecule has 2 heterocycles. The fourth-order valence-corrected chi connectivity index (χ4v) is 2.79. The number of aryl methyl sites for hydroxylation is 1. The zero-order valence-electron chi connectivity index (χ0n) is 11.3. The standard InChI is InChI=1S/C17H16ClNO/c1-2-17-14(9-10-20-17)15(18)11-13-8-7-12-5-3-4-6-16(12)19-13/h3-10,15H,2,11H2,1H3. The van der Waals surface area contributed by atoms with Crippen LogP contribution in [0.2, 0.25) is 0 Å². The maximum absolute atomic E-state index is 6.52. The highest BCUT2D eigenvalue weighted by Gasteiger charge is 2.15. The molecule has 0 amide bonds. The Balaban J connectivity index is 1.85. The van der Waals surface area contributed by atoms with E-state index in [2.05, 4.69) is 24.0 Å². The molecule has 2 nitrogen and oxygen atoms in total. The van der Waals surface area contributed by atoms with E-state index < -0.39 is 0 Å². The summed E-state index contributed by atoms with van der Waals surface area (Å²) in [5.41, 5.74) is 3.09. The van der Waals surface area contributed by atoms with Crippen molar-refractivity contribution in [1.29, 1.82) is 0 Å². The van der Waals surface area contributed by atoms with Crippen molar-refractivity contribution in [3.05, 3.63) is 65.7 Å². The molecular formula is C17H16ClNO. The van der Waals surface area contributed by atoms with Gasteiger partial charge in [-0.1, -0.05) is 31.2 Å². The van der Waals surface area contributed by atoms with E-state index in [4.69, 9.17) is 16.0 Å². The van der Waals surface area contributed by atoms with Crippen LogP contribution >= 0.6 is 11.6 Å². The van der Waals surface area contributed by atoms with Gasteiger partial charge in [-0.15, -0.1) is 11.6 Å². The lowest BCUT2D eigenvalue weighted by Gasteiger charge is -2.09. The van der Waals surface area contributed by atoms with Crippen LogP contribution in [0.1, 0.15) is 29.3 Å². The number of hydrogen-bond donors (Lipinski definition) is 0. The predicted molar refractivity (Wildman–Crippen MR) is 82.1 cm³/mol. The normalized spacial score (nSPS) is 12.7. The SMILES string of the molecule is CCc1occc1C(Cl)Cc1ccc2ccccc2n1. The predicted octanol–water partition coefficient (Wildman–Crippen LogP) is 4.91. The molecule has 3 aromatic rings. The van der Waals surface area contributed by atoms with Gasteiger partial charge in [-0.05, 0) is 18.2 Å². The van der Waals surface area contributed by atoms with Crippen LogP contribution in [0.25, 0.3) is 10.9 Å². The third-order valence-corrected chi connectivity index (χ3v) is 3.87. The van der Waals surface area contributed by atoms with Crippen molar-refractivity contribution < 1.29 is 4.42 Å². The summed E-state index contributed by atoms with van der Waals surface area (Å²) >= 11 is 6.52. The molecular weight excluding hydrogens is 270 g/mol. The molecule has 0 aliphatic heterocycles. The summed E-state index contributed by atoms with van der Waals surface area (Å²) < 4.78 is 5.44. The second-order valence-corrected chi connectivity index (χ2v) is 5.35. The summed E-state index contributed by atoms with van der Waals surface area (Å²) in [6, 6.07) is 14.2. The van der Waals surface area contributed by atoms with Gasteiger partial charge in [0.2, 0.25) is 0 Å². The van der Waals surface area contributed by atoms with E-state index in [0.29, 0.717) is 6.42 Å². The number of nitrogens with zero attached hydrogens (tertiary/aromatic N) is 1. The van der Waals surface area contributed by atoms with Crippen molar-refractivity contribution in [1.82, 2.24) is 4.98 Å². The van der Waals surface area contributed by atoms with Gasteiger partial charge in [0, 0.05) is 29.5 Å². The quantitative estimate of drug-likeness (QED) is 0.636. The number of fused-ring (bicyclic) bond motifs is 1. The van der Waals surface area contributed by atoms with E-state index in [1.807, 2.05) is 30.3 Å². The largest absolute Gasteiger partial charge is 0.469 e. The Bertz CT molecular complexity index is 720. The van der Waals surface area contributed by atoms with Gasteiger partial charge in [-0.2, -0.15) is 0 Å². The van der Waals surface area contributed by atoms with E-state index in [9.17, 15) is 0 Å². The van der Waals surface area contributed by atoms with Gasteiger partial charge in [0.25, 0.3) is 0 Å². The molecule has 0 aliphatic rings. The summed E-state index contributed by atoms with van der Waals surface area (Å²) in [5, 5.41) is 1.05. The van der Waals surface area contributed by atoms with E-state index in [-0.39, 0.29) is 5.38 Å². The summed E-state index contributed by atoms with van der Waals surface area (Å²) in [6.45, 7) is 2.07. The first-order chi connectivity index (χ1) is 9.78. The fraction of sp³-hybridized carbons (Fsp3) is 0.235. The molecule has 0 spiro atoms. The minimum absolute atomic E-state index is 0.0997. The number of furan rings is 1. The molecule has 1 aromatic carbocycles. The number of benzene rings is 1. The fourth-order valence-electron chi connectivity index (χ4n) is 2.43. The second kappa shape index (κ2) is 5.68. The highest BCUT2D eigenvalue weighted by atomic mass is 35.5. The van der Waals surface area contributed by atoms with E-state index >= 15 is 0 Å². The zero-order chi connectivity index (χ0) is 13.9. The molecule has 0 saturated carbocycles. The van der Waals surface area contributed by atoms with Gasteiger partial charge in [0.15, 0.2) is 0 Å².